The first kappa shape index (κ1) is 17.6. The highest BCUT2D eigenvalue weighted by Gasteiger charge is 2.21. The summed E-state index contributed by atoms with van der Waals surface area (Å²) in [7, 11) is -3.55. The molecule has 5 nitrogen and oxygen atoms in total. The zero-order valence-corrected chi connectivity index (χ0v) is 15.8. The molecule has 6 heteroatoms. The van der Waals surface area contributed by atoms with Crippen molar-refractivity contribution >= 4 is 15.7 Å². The summed E-state index contributed by atoms with van der Waals surface area (Å²) >= 11 is 0. The fraction of sp³-hybridized carbons (Fsp3) is 0.316. The third-order valence-electron chi connectivity index (χ3n) is 4.65. The molecule has 0 radical (unpaired) electrons. The molecule has 0 aliphatic rings. The largest absolute Gasteiger partial charge is 0.307 e. The SMILES string of the molecule is Cc1cc(C)c(C)c(S(=O)(=O)NCCc2cn3ccccc3n2)c1C. The zero-order chi connectivity index (χ0) is 18.2. The molecule has 0 bridgehead atoms. The van der Waals surface area contributed by atoms with Crippen LogP contribution < -0.4 is 4.72 Å². The van der Waals surface area contributed by atoms with Gasteiger partial charge in [-0.3, -0.25) is 0 Å². The standard InChI is InChI=1S/C19H23N3O2S/c1-13-11-14(2)16(4)19(15(13)3)25(23,24)20-9-8-17-12-22-10-6-5-7-18(22)21-17/h5-7,10-12,20H,8-9H2,1-4H3. The normalized spacial score (nSPS) is 12.0. The zero-order valence-electron chi connectivity index (χ0n) is 15.0. The van der Waals surface area contributed by atoms with Crippen LogP contribution in [0, 0.1) is 27.7 Å². The molecule has 3 rings (SSSR count). The van der Waals surface area contributed by atoms with Gasteiger partial charge in [0.2, 0.25) is 10.0 Å². The molecule has 25 heavy (non-hydrogen) atoms. The first-order valence-corrected chi connectivity index (χ1v) is 9.77. The number of nitrogens with one attached hydrogen (secondary N) is 1. The molecular formula is C19H23N3O2S. The highest BCUT2D eigenvalue weighted by Crippen LogP contribution is 2.25. The maximum atomic E-state index is 12.8. The van der Waals surface area contributed by atoms with Gasteiger partial charge in [-0.15, -0.1) is 0 Å². The van der Waals surface area contributed by atoms with E-state index in [1.165, 1.54) is 0 Å². The van der Waals surface area contributed by atoms with E-state index >= 15 is 0 Å². The van der Waals surface area contributed by atoms with Crippen LogP contribution in [0.1, 0.15) is 27.9 Å². The van der Waals surface area contributed by atoms with Crippen LogP contribution in [0.25, 0.3) is 5.65 Å². The second-order valence-corrected chi connectivity index (χ2v) is 8.14. The average molecular weight is 357 g/mol. The number of rotatable bonds is 5. The molecule has 0 unspecified atom stereocenters. The van der Waals surface area contributed by atoms with Gasteiger partial charge in [-0.05, 0) is 62.1 Å². The lowest BCUT2D eigenvalue weighted by Gasteiger charge is -2.16. The Morgan fingerprint density at radius 3 is 2.40 bits per heavy atom. The Morgan fingerprint density at radius 1 is 1.08 bits per heavy atom. The van der Waals surface area contributed by atoms with Crippen LogP contribution in [0.5, 0.6) is 0 Å². The summed E-state index contributed by atoms with van der Waals surface area (Å²) in [4.78, 5) is 4.90. The number of benzene rings is 1. The third kappa shape index (κ3) is 3.45. The number of pyridine rings is 1. The highest BCUT2D eigenvalue weighted by atomic mass is 32.2. The van der Waals surface area contributed by atoms with Gasteiger partial charge in [0.15, 0.2) is 0 Å². The topological polar surface area (TPSA) is 63.5 Å². The lowest BCUT2D eigenvalue weighted by atomic mass is 10.0. The maximum Gasteiger partial charge on any atom is 0.241 e. The van der Waals surface area contributed by atoms with Crippen molar-refractivity contribution in [2.24, 2.45) is 0 Å². The van der Waals surface area contributed by atoms with Crippen LogP contribution in [-0.4, -0.2) is 24.3 Å². The van der Waals surface area contributed by atoms with Crippen molar-refractivity contribution < 1.29 is 8.42 Å². The van der Waals surface area contributed by atoms with E-state index in [0.29, 0.717) is 17.9 Å². The van der Waals surface area contributed by atoms with Crippen molar-refractivity contribution in [2.45, 2.75) is 39.0 Å². The van der Waals surface area contributed by atoms with E-state index in [-0.39, 0.29) is 0 Å². The minimum atomic E-state index is -3.55. The van der Waals surface area contributed by atoms with Gasteiger partial charge in [0.05, 0.1) is 10.6 Å². The van der Waals surface area contributed by atoms with Gasteiger partial charge >= 0.3 is 0 Å². The monoisotopic (exact) mass is 357 g/mol. The number of hydrogen-bond acceptors (Lipinski definition) is 3. The first-order valence-electron chi connectivity index (χ1n) is 8.29. The van der Waals surface area contributed by atoms with Crippen molar-refractivity contribution in [3.05, 3.63) is 64.6 Å². The van der Waals surface area contributed by atoms with Crippen LogP contribution in [0.15, 0.2) is 41.6 Å². The van der Waals surface area contributed by atoms with Crippen molar-refractivity contribution in [2.75, 3.05) is 6.54 Å². The smallest absolute Gasteiger partial charge is 0.241 e. The second kappa shape index (κ2) is 6.61. The maximum absolute atomic E-state index is 12.8. The molecule has 0 saturated carbocycles. The summed E-state index contributed by atoms with van der Waals surface area (Å²) < 4.78 is 30.3. The van der Waals surface area contributed by atoms with Gasteiger partial charge in [0.25, 0.3) is 0 Å². The molecule has 0 atom stereocenters. The molecular weight excluding hydrogens is 334 g/mol. The van der Waals surface area contributed by atoms with Gasteiger partial charge < -0.3 is 4.40 Å². The summed E-state index contributed by atoms with van der Waals surface area (Å²) in [6.07, 6.45) is 4.40. The molecule has 0 aliphatic carbocycles. The number of nitrogens with zero attached hydrogens (tertiary/aromatic N) is 2. The molecule has 0 amide bonds. The molecule has 1 aromatic carbocycles. The van der Waals surface area contributed by atoms with E-state index in [9.17, 15) is 8.42 Å². The summed E-state index contributed by atoms with van der Waals surface area (Å²) in [5, 5.41) is 0. The fourth-order valence-corrected chi connectivity index (χ4v) is 4.72. The number of aromatic nitrogens is 2. The van der Waals surface area contributed by atoms with Crippen LogP contribution in [0.2, 0.25) is 0 Å². The Hall–Kier alpha value is -2.18. The minimum absolute atomic E-state index is 0.318. The third-order valence-corrected chi connectivity index (χ3v) is 6.39. The molecule has 1 N–H and O–H groups in total. The van der Waals surface area contributed by atoms with Crippen LogP contribution >= 0.6 is 0 Å². The van der Waals surface area contributed by atoms with Gasteiger partial charge in [-0.25, -0.2) is 18.1 Å². The van der Waals surface area contributed by atoms with Gasteiger partial charge in [-0.2, -0.15) is 0 Å². The average Bonchev–Trinajstić information content (AvgIpc) is 2.95. The number of imidazole rings is 1. The molecule has 2 heterocycles. The summed E-state index contributed by atoms with van der Waals surface area (Å²) in [5.41, 5.74) is 5.32. The summed E-state index contributed by atoms with van der Waals surface area (Å²) in [5.74, 6) is 0. The Labute approximate surface area is 148 Å². The minimum Gasteiger partial charge on any atom is -0.307 e. The molecule has 0 saturated heterocycles. The van der Waals surface area contributed by atoms with Crippen molar-refractivity contribution in [3.63, 3.8) is 0 Å². The lowest BCUT2D eigenvalue weighted by molar-refractivity contribution is 0.580. The van der Waals surface area contributed by atoms with Crippen molar-refractivity contribution in [1.82, 2.24) is 14.1 Å². The molecule has 0 spiro atoms. The Balaban J connectivity index is 1.78. The van der Waals surface area contributed by atoms with Gasteiger partial charge in [0.1, 0.15) is 5.65 Å². The molecule has 0 aliphatic heterocycles. The van der Waals surface area contributed by atoms with E-state index in [0.717, 1.165) is 33.6 Å². The van der Waals surface area contributed by atoms with E-state index < -0.39 is 10.0 Å². The summed E-state index contributed by atoms with van der Waals surface area (Å²) in [6.45, 7) is 7.92. The van der Waals surface area contributed by atoms with Gasteiger partial charge in [-0.1, -0.05) is 12.1 Å². The van der Waals surface area contributed by atoms with Crippen molar-refractivity contribution in [1.29, 1.82) is 0 Å². The second-order valence-electron chi connectivity index (χ2n) is 6.44. The van der Waals surface area contributed by atoms with E-state index in [1.807, 2.05) is 68.8 Å². The molecule has 132 valence electrons. The van der Waals surface area contributed by atoms with E-state index in [1.54, 1.807) is 0 Å². The Kier molecular flexibility index (Phi) is 4.67. The number of sulfonamides is 1. The number of aryl methyl sites for hydroxylation is 2. The van der Waals surface area contributed by atoms with Crippen LogP contribution in [0.3, 0.4) is 0 Å². The predicted molar refractivity (Wildman–Crippen MR) is 99.5 cm³/mol. The Morgan fingerprint density at radius 2 is 1.76 bits per heavy atom. The fourth-order valence-electron chi connectivity index (χ4n) is 3.08. The Bertz CT molecular complexity index is 977. The predicted octanol–water partition coefficient (Wildman–Crippen LogP) is 3.09. The van der Waals surface area contributed by atoms with Crippen LogP contribution in [-0.2, 0) is 16.4 Å². The molecule has 0 fully saturated rings. The van der Waals surface area contributed by atoms with E-state index in [4.69, 9.17) is 0 Å². The van der Waals surface area contributed by atoms with Gasteiger partial charge in [0, 0.05) is 25.4 Å². The van der Waals surface area contributed by atoms with E-state index in [2.05, 4.69) is 9.71 Å². The number of fused-ring (bicyclic) bond motifs is 1. The summed E-state index contributed by atoms with van der Waals surface area (Å²) in [6, 6.07) is 7.82. The quantitative estimate of drug-likeness (QED) is 0.763. The highest BCUT2D eigenvalue weighted by molar-refractivity contribution is 7.89. The number of hydrogen-bond donors (Lipinski definition) is 1. The molecule has 2 aromatic heterocycles. The van der Waals surface area contributed by atoms with Crippen LogP contribution in [0.4, 0.5) is 0 Å². The molecule has 3 aromatic rings. The van der Waals surface area contributed by atoms with Crippen molar-refractivity contribution in [3.8, 4) is 0 Å². The first-order chi connectivity index (χ1) is 11.8. The lowest BCUT2D eigenvalue weighted by Crippen LogP contribution is -2.28.